The summed E-state index contributed by atoms with van der Waals surface area (Å²) in [6, 6.07) is -1.53. The summed E-state index contributed by atoms with van der Waals surface area (Å²) in [5.74, 6) is 1.12. The summed E-state index contributed by atoms with van der Waals surface area (Å²) >= 11 is 1.19. The first-order valence-corrected chi connectivity index (χ1v) is 13.0. The molecule has 11 atom stereocenters. The molecule has 0 bridgehead atoms. The summed E-state index contributed by atoms with van der Waals surface area (Å²) in [5, 5.41) is 47.3. The van der Waals surface area contributed by atoms with E-state index in [0.717, 1.165) is 19.3 Å². The molecule has 0 spiro atoms. The van der Waals surface area contributed by atoms with Crippen LogP contribution in [0.4, 0.5) is 0 Å². The average Bonchev–Trinajstić information content (AvgIpc) is 3.02. The maximum absolute atomic E-state index is 13.2. The van der Waals surface area contributed by atoms with Crippen molar-refractivity contribution in [3.8, 4) is 0 Å². The van der Waals surface area contributed by atoms with Gasteiger partial charge in [0.05, 0.1) is 18.2 Å². The second-order valence-corrected chi connectivity index (χ2v) is 10.9. The van der Waals surface area contributed by atoms with Crippen LogP contribution in [0.1, 0.15) is 40.0 Å². The van der Waals surface area contributed by atoms with Crippen LogP contribution in [0.25, 0.3) is 0 Å². The quantitative estimate of drug-likeness (QED) is 0.286. The molecule has 9 nitrogen and oxygen atoms in total. The Morgan fingerprint density at radius 1 is 1.19 bits per heavy atom. The molecule has 3 aliphatic heterocycles. The molecule has 0 unspecified atom stereocenters. The number of carbonyl (C=O) groups excluding carboxylic acids is 1. The average molecular weight is 477 g/mol. The van der Waals surface area contributed by atoms with Gasteiger partial charge in [0.15, 0.2) is 0 Å². The van der Waals surface area contributed by atoms with Gasteiger partial charge in [-0.05, 0) is 50.2 Å². The molecule has 1 amide bonds. The molecule has 0 aromatic heterocycles. The lowest BCUT2D eigenvalue weighted by Gasteiger charge is -2.44. The maximum atomic E-state index is 13.2. The van der Waals surface area contributed by atoms with Crippen molar-refractivity contribution in [2.75, 3.05) is 19.4 Å². The first-order valence-electron chi connectivity index (χ1n) is 11.7. The Morgan fingerprint density at radius 3 is 2.53 bits per heavy atom. The van der Waals surface area contributed by atoms with Crippen molar-refractivity contribution in [2.24, 2.45) is 17.8 Å². The zero-order chi connectivity index (χ0) is 23.6. The number of aliphatic hydroxyl groups excluding tert-OH is 4. The van der Waals surface area contributed by atoms with Gasteiger partial charge in [-0.1, -0.05) is 13.8 Å². The molecule has 3 fully saturated rings. The van der Waals surface area contributed by atoms with Gasteiger partial charge in [0.25, 0.3) is 0 Å². The molecule has 3 rings (SSSR count). The van der Waals surface area contributed by atoms with E-state index in [0.29, 0.717) is 25.0 Å². The number of hydrogen-bond acceptors (Lipinski definition) is 9. The number of amides is 1. The van der Waals surface area contributed by atoms with E-state index in [4.69, 9.17) is 9.47 Å². The number of hydrogen-bond donors (Lipinski definition) is 6. The third kappa shape index (κ3) is 5.78. The Morgan fingerprint density at radius 2 is 1.91 bits per heavy atom. The van der Waals surface area contributed by atoms with Gasteiger partial charge in [-0.3, -0.25) is 4.79 Å². The molecule has 32 heavy (non-hydrogen) atoms. The minimum atomic E-state index is -1.46. The summed E-state index contributed by atoms with van der Waals surface area (Å²) in [6.45, 7) is 7.26. The van der Waals surface area contributed by atoms with Crippen LogP contribution in [0.5, 0.6) is 0 Å². The minimum absolute atomic E-state index is 0.245. The third-order valence-corrected chi connectivity index (χ3v) is 7.83. The van der Waals surface area contributed by atoms with Crippen molar-refractivity contribution in [1.82, 2.24) is 10.6 Å². The van der Waals surface area contributed by atoms with Crippen LogP contribution in [0, 0.1) is 17.8 Å². The van der Waals surface area contributed by atoms with E-state index in [1.165, 1.54) is 18.7 Å². The first kappa shape index (κ1) is 26.2. The summed E-state index contributed by atoms with van der Waals surface area (Å²) in [7, 11) is 0. The van der Waals surface area contributed by atoms with Gasteiger partial charge in [-0.15, -0.1) is 11.8 Å². The summed E-state index contributed by atoms with van der Waals surface area (Å²) < 4.78 is 11.9. The molecule has 10 heteroatoms. The zero-order valence-electron chi connectivity index (χ0n) is 19.4. The summed E-state index contributed by atoms with van der Waals surface area (Å²) in [4.78, 5) is 13.2. The minimum Gasteiger partial charge on any atom is -0.391 e. The van der Waals surface area contributed by atoms with Crippen LogP contribution >= 0.6 is 11.8 Å². The van der Waals surface area contributed by atoms with E-state index in [9.17, 15) is 25.2 Å². The number of nitrogens with one attached hydrogen (secondary N) is 2. The lowest BCUT2D eigenvalue weighted by atomic mass is 9.85. The fourth-order valence-corrected chi connectivity index (χ4v) is 6.05. The SMILES string of the molecule is CS[C@H]1O[C@H]([C@H](NC(=O)[C@H]2NC[C@@H]3C[C@H](CC(C)C)CCO[C@H]32)[C@@H](C)O)[C@H](O)[C@H](O)[C@H]1O. The van der Waals surface area contributed by atoms with Gasteiger partial charge in [0.1, 0.15) is 35.9 Å². The number of ether oxygens (including phenoxy) is 2. The fraction of sp³-hybridized carbons (Fsp3) is 0.955. The Balaban J connectivity index is 1.68. The number of thioether (sulfide) groups is 1. The number of carbonyl (C=O) groups is 1. The highest BCUT2D eigenvalue weighted by atomic mass is 32.2. The van der Waals surface area contributed by atoms with Gasteiger partial charge in [0.2, 0.25) is 5.91 Å². The van der Waals surface area contributed by atoms with E-state index in [1.807, 2.05) is 0 Å². The molecular weight excluding hydrogens is 436 g/mol. The van der Waals surface area contributed by atoms with Gasteiger partial charge >= 0.3 is 0 Å². The zero-order valence-corrected chi connectivity index (χ0v) is 20.2. The second kappa shape index (κ2) is 11.3. The highest BCUT2D eigenvalue weighted by molar-refractivity contribution is 7.99. The molecule has 3 heterocycles. The van der Waals surface area contributed by atoms with Gasteiger partial charge in [-0.25, -0.2) is 0 Å². The maximum Gasteiger partial charge on any atom is 0.240 e. The standard InChI is InChI=1S/C22H40N2O7S/c1-10(2)7-12-5-6-30-19-13(8-12)9-23-15(19)21(29)24-14(11(3)25)20-17(27)16(26)18(28)22(31-20)32-4/h10-20,22-23,25-28H,5-9H2,1-4H3,(H,24,29)/t11-,12+,13+,14-,15+,16+,17-,18-,19-,20-,22-/m1/s1. The lowest BCUT2D eigenvalue weighted by molar-refractivity contribution is -0.211. The molecule has 0 aromatic carbocycles. The van der Waals surface area contributed by atoms with Crippen LogP contribution < -0.4 is 10.6 Å². The molecular formula is C22H40N2O7S. The Kier molecular flexibility index (Phi) is 9.24. The van der Waals surface area contributed by atoms with Gasteiger partial charge in [0, 0.05) is 13.2 Å². The molecule has 6 N–H and O–H groups in total. The van der Waals surface area contributed by atoms with Crippen LogP contribution in [-0.2, 0) is 14.3 Å². The normalized spacial score (nSPS) is 42.2. The largest absolute Gasteiger partial charge is 0.391 e. The number of aliphatic hydroxyl groups is 4. The van der Waals surface area contributed by atoms with Crippen molar-refractivity contribution in [1.29, 1.82) is 0 Å². The predicted octanol–water partition coefficient (Wildman–Crippen LogP) is -0.548. The third-order valence-electron chi connectivity index (χ3n) is 6.97. The van der Waals surface area contributed by atoms with Gasteiger partial charge in [-0.2, -0.15) is 0 Å². The number of rotatable bonds is 7. The molecule has 186 valence electrons. The van der Waals surface area contributed by atoms with Crippen molar-refractivity contribution < 1.29 is 34.7 Å². The highest BCUT2D eigenvalue weighted by Crippen LogP contribution is 2.34. The molecule has 3 aliphatic rings. The summed E-state index contributed by atoms with van der Waals surface area (Å²) in [5.41, 5.74) is -0.784. The smallest absolute Gasteiger partial charge is 0.240 e. The fourth-order valence-electron chi connectivity index (χ4n) is 5.37. The van der Waals surface area contributed by atoms with E-state index >= 15 is 0 Å². The van der Waals surface area contributed by atoms with Crippen molar-refractivity contribution in [3.63, 3.8) is 0 Å². The van der Waals surface area contributed by atoms with E-state index in [-0.39, 0.29) is 17.9 Å². The summed E-state index contributed by atoms with van der Waals surface area (Å²) in [6.07, 6.45) is -1.66. The Labute approximate surface area is 194 Å². The van der Waals surface area contributed by atoms with Crippen molar-refractivity contribution in [3.05, 3.63) is 0 Å². The second-order valence-electron chi connectivity index (χ2n) is 9.95. The lowest BCUT2D eigenvalue weighted by Crippen LogP contribution is -2.66. The predicted molar refractivity (Wildman–Crippen MR) is 121 cm³/mol. The molecule has 0 radical (unpaired) electrons. The van der Waals surface area contributed by atoms with Crippen LogP contribution in [0.3, 0.4) is 0 Å². The van der Waals surface area contributed by atoms with Gasteiger partial charge < -0.3 is 40.5 Å². The Bertz CT molecular complexity index is 623. The monoisotopic (exact) mass is 476 g/mol. The molecule has 0 saturated carbocycles. The van der Waals surface area contributed by atoms with Crippen LogP contribution in [-0.4, -0.2) is 99.9 Å². The highest BCUT2D eigenvalue weighted by Gasteiger charge is 2.49. The van der Waals surface area contributed by atoms with Crippen molar-refractivity contribution >= 4 is 17.7 Å². The van der Waals surface area contributed by atoms with E-state index in [2.05, 4.69) is 24.5 Å². The van der Waals surface area contributed by atoms with Crippen molar-refractivity contribution in [2.45, 2.75) is 94.2 Å². The van der Waals surface area contributed by atoms with E-state index in [1.54, 1.807) is 6.26 Å². The van der Waals surface area contributed by atoms with Crippen LogP contribution in [0.2, 0.25) is 0 Å². The molecule has 0 aliphatic carbocycles. The Hall–Kier alpha value is -0.460. The topological polar surface area (TPSA) is 141 Å². The van der Waals surface area contributed by atoms with E-state index < -0.39 is 48.0 Å². The first-order chi connectivity index (χ1) is 15.1. The molecule has 0 aromatic rings. The molecule has 3 saturated heterocycles. The van der Waals surface area contributed by atoms with Crippen LogP contribution in [0.15, 0.2) is 0 Å². The number of fused-ring (bicyclic) bond motifs is 1.